The van der Waals surface area contributed by atoms with Gasteiger partial charge in [0.1, 0.15) is 5.70 Å². The Kier molecular flexibility index (Phi) is 5.56. The fourth-order valence-corrected chi connectivity index (χ4v) is 3.03. The second-order valence-electron chi connectivity index (χ2n) is 6.30. The molecule has 1 heterocycles. The van der Waals surface area contributed by atoms with Gasteiger partial charge in [0.2, 0.25) is 0 Å². The Morgan fingerprint density at radius 1 is 0.793 bits per heavy atom. The van der Waals surface area contributed by atoms with Crippen molar-refractivity contribution in [2.45, 2.75) is 0 Å². The van der Waals surface area contributed by atoms with Crippen molar-refractivity contribution in [3.05, 3.63) is 111 Å². The molecule has 0 bridgehead atoms. The molecule has 0 aliphatic carbocycles. The molecular weight excluding hydrogens is 405 g/mol. The minimum Gasteiger partial charge on any atom is -0.265 e. The summed E-state index contributed by atoms with van der Waals surface area (Å²) in [4.78, 5) is 17.6. The zero-order valence-electron chi connectivity index (χ0n) is 15.2. The molecule has 1 amide bonds. The Morgan fingerprint density at radius 3 is 2.00 bits per heavy atom. The molecule has 0 saturated carbocycles. The first-order chi connectivity index (χ1) is 14.1. The van der Waals surface area contributed by atoms with Gasteiger partial charge < -0.3 is 0 Å². The van der Waals surface area contributed by atoms with Crippen LogP contribution in [0.4, 0.5) is 0 Å². The summed E-state index contributed by atoms with van der Waals surface area (Å²) < 4.78 is 0. The van der Waals surface area contributed by atoms with Gasteiger partial charge in [-0.15, -0.1) is 0 Å². The average molecular weight is 420 g/mol. The summed E-state index contributed by atoms with van der Waals surface area (Å²) in [5, 5.41) is 6.97. The summed E-state index contributed by atoms with van der Waals surface area (Å²) in [6.07, 6.45) is 3.33. The number of aliphatic imine (C=N–C) groups is 1. The second kappa shape index (κ2) is 8.43. The van der Waals surface area contributed by atoms with E-state index in [9.17, 15) is 4.79 Å². The number of rotatable bonds is 4. The number of hydrogen-bond donors (Lipinski definition) is 0. The average Bonchev–Trinajstić information content (AvgIpc) is 3.05. The maximum absolute atomic E-state index is 13.0. The molecule has 3 aromatic rings. The smallest absolute Gasteiger partial charge is 0.265 e. The summed E-state index contributed by atoms with van der Waals surface area (Å²) in [6, 6.07) is 23.9. The van der Waals surface area contributed by atoms with Crippen LogP contribution in [0.5, 0.6) is 0 Å². The number of carbonyl (C=O) groups is 1. The van der Waals surface area contributed by atoms with Gasteiger partial charge in [-0.25, -0.2) is 4.99 Å². The maximum atomic E-state index is 13.0. The number of nitrogens with zero attached hydrogens (tertiary/aromatic N) is 3. The zero-order chi connectivity index (χ0) is 20.2. The van der Waals surface area contributed by atoms with Crippen molar-refractivity contribution < 1.29 is 4.79 Å². The van der Waals surface area contributed by atoms with E-state index in [1.165, 1.54) is 5.01 Å². The number of hydrazone groups is 1. The van der Waals surface area contributed by atoms with Crippen LogP contribution in [-0.2, 0) is 4.79 Å². The largest absolute Gasteiger partial charge is 0.298 e. The van der Waals surface area contributed by atoms with E-state index in [1.807, 2.05) is 54.6 Å². The number of amidine groups is 1. The monoisotopic (exact) mass is 419 g/mol. The number of amides is 1. The molecule has 0 aromatic heterocycles. The van der Waals surface area contributed by atoms with E-state index in [0.29, 0.717) is 21.6 Å². The summed E-state index contributed by atoms with van der Waals surface area (Å²) in [5.74, 6) is 0.171. The molecule has 1 aliphatic heterocycles. The molecule has 6 heteroatoms. The van der Waals surface area contributed by atoms with Crippen molar-refractivity contribution >= 4 is 47.2 Å². The van der Waals surface area contributed by atoms with Crippen LogP contribution in [0.15, 0.2) is 94.7 Å². The van der Waals surface area contributed by atoms with Crippen LogP contribution in [0.3, 0.4) is 0 Å². The van der Waals surface area contributed by atoms with Crippen molar-refractivity contribution in [3.8, 4) is 0 Å². The Morgan fingerprint density at radius 2 is 1.38 bits per heavy atom. The summed E-state index contributed by atoms with van der Waals surface area (Å²) >= 11 is 11.9. The molecule has 4 nitrogen and oxygen atoms in total. The molecule has 0 spiro atoms. The Balaban J connectivity index is 1.71. The minimum atomic E-state index is -0.302. The predicted octanol–water partition coefficient (Wildman–Crippen LogP) is 5.66. The van der Waals surface area contributed by atoms with Crippen LogP contribution >= 0.6 is 23.2 Å². The van der Waals surface area contributed by atoms with Gasteiger partial charge >= 0.3 is 0 Å². The third kappa shape index (κ3) is 4.45. The van der Waals surface area contributed by atoms with E-state index in [1.54, 1.807) is 36.6 Å². The molecule has 0 radical (unpaired) electrons. The Hall–Kier alpha value is -3.21. The van der Waals surface area contributed by atoms with E-state index < -0.39 is 0 Å². The van der Waals surface area contributed by atoms with Gasteiger partial charge in [-0.1, -0.05) is 77.8 Å². The first kappa shape index (κ1) is 19.1. The van der Waals surface area contributed by atoms with Crippen molar-refractivity contribution in [1.29, 1.82) is 0 Å². The molecule has 0 N–H and O–H groups in total. The summed E-state index contributed by atoms with van der Waals surface area (Å²) in [6.45, 7) is 0. The van der Waals surface area contributed by atoms with Crippen LogP contribution in [0, 0.1) is 0 Å². The Bertz CT molecular complexity index is 1120. The lowest BCUT2D eigenvalue weighted by molar-refractivity contribution is -0.122. The Labute approximate surface area is 178 Å². The molecule has 142 valence electrons. The van der Waals surface area contributed by atoms with Crippen LogP contribution < -0.4 is 0 Å². The molecule has 0 atom stereocenters. The molecule has 0 fully saturated rings. The van der Waals surface area contributed by atoms with E-state index in [0.717, 1.165) is 16.7 Å². The highest BCUT2D eigenvalue weighted by Gasteiger charge is 2.31. The van der Waals surface area contributed by atoms with Gasteiger partial charge in [0.15, 0.2) is 5.84 Å². The molecule has 0 saturated heterocycles. The topological polar surface area (TPSA) is 45.0 Å². The predicted molar refractivity (Wildman–Crippen MR) is 118 cm³/mol. The molecule has 29 heavy (non-hydrogen) atoms. The second-order valence-corrected chi connectivity index (χ2v) is 7.17. The van der Waals surface area contributed by atoms with E-state index >= 15 is 0 Å². The molecule has 3 aromatic carbocycles. The first-order valence-electron chi connectivity index (χ1n) is 8.85. The van der Waals surface area contributed by atoms with Gasteiger partial charge in [0, 0.05) is 15.6 Å². The maximum Gasteiger partial charge on any atom is 0.298 e. The first-order valence-corrected chi connectivity index (χ1v) is 9.61. The highest BCUT2D eigenvalue weighted by molar-refractivity contribution is 6.31. The van der Waals surface area contributed by atoms with Gasteiger partial charge in [-0.05, 0) is 41.5 Å². The third-order valence-electron chi connectivity index (χ3n) is 4.24. The molecule has 4 rings (SSSR count). The normalized spacial score (nSPS) is 15.4. The molecule has 1 aliphatic rings. The van der Waals surface area contributed by atoms with Crippen LogP contribution in [0.25, 0.3) is 6.08 Å². The molecule has 0 unspecified atom stereocenters. The lowest BCUT2D eigenvalue weighted by Gasteiger charge is -2.11. The van der Waals surface area contributed by atoms with Crippen molar-refractivity contribution in [3.63, 3.8) is 0 Å². The van der Waals surface area contributed by atoms with E-state index in [4.69, 9.17) is 23.2 Å². The third-order valence-corrected chi connectivity index (χ3v) is 4.74. The lowest BCUT2D eigenvalue weighted by Crippen LogP contribution is -2.27. The van der Waals surface area contributed by atoms with Gasteiger partial charge in [-0.3, -0.25) is 4.79 Å². The highest BCUT2D eigenvalue weighted by atomic mass is 35.5. The quantitative estimate of drug-likeness (QED) is 0.397. The van der Waals surface area contributed by atoms with E-state index in [2.05, 4.69) is 10.1 Å². The lowest BCUT2D eigenvalue weighted by atomic mass is 10.2. The van der Waals surface area contributed by atoms with Gasteiger partial charge in [0.25, 0.3) is 5.91 Å². The van der Waals surface area contributed by atoms with Crippen molar-refractivity contribution in [1.82, 2.24) is 5.01 Å². The van der Waals surface area contributed by atoms with Crippen molar-refractivity contribution in [2.75, 3.05) is 0 Å². The number of hydrogen-bond acceptors (Lipinski definition) is 3. The minimum absolute atomic E-state index is 0.302. The standard InChI is InChI=1S/C23H15Cl2N3O/c24-19-10-6-16(7-11-19)14-21-23(29)28(22(27-21)18-4-2-1-3-5-18)26-15-17-8-12-20(25)13-9-17/h1-15H/b21-14+,26-15+. The summed E-state index contributed by atoms with van der Waals surface area (Å²) in [5.41, 5.74) is 2.76. The fourth-order valence-electron chi connectivity index (χ4n) is 2.78. The van der Waals surface area contributed by atoms with Gasteiger partial charge in [-0.2, -0.15) is 10.1 Å². The SMILES string of the molecule is O=C1/C(=C\c2ccc(Cl)cc2)N=C(c2ccccc2)N1/N=C/c1ccc(Cl)cc1. The number of benzene rings is 3. The fraction of sp³-hybridized carbons (Fsp3) is 0. The number of carbonyl (C=O) groups excluding carboxylic acids is 1. The van der Waals surface area contributed by atoms with Crippen LogP contribution in [0.2, 0.25) is 10.0 Å². The highest BCUT2D eigenvalue weighted by Crippen LogP contribution is 2.23. The summed E-state index contributed by atoms with van der Waals surface area (Å²) in [7, 11) is 0. The molecular formula is C23H15Cl2N3O. The van der Waals surface area contributed by atoms with Crippen molar-refractivity contribution in [2.24, 2.45) is 10.1 Å². The van der Waals surface area contributed by atoms with Crippen LogP contribution in [0.1, 0.15) is 16.7 Å². The van der Waals surface area contributed by atoms with Crippen LogP contribution in [-0.4, -0.2) is 23.0 Å². The zero-order valence-corrected chi connectivity index (χ0v) is 16.7. The number of halogens is 2. The van der Waals surface area contributed by atoms with E-state index in [-0.39, 0.29) is 5.91 Å². The van der Waals surface area contributed by atoms with Gasteiger partial charge in [0.05, 0.1) is 6.21 Å².